The van der Waals surface area contributed by atoms with Crippen LogP contribution in [0.5, 0.6) is 0 Å². The van der Waals surface area contributed by atoms with E-state index in [-0.39, 0.29) is 132 Å². The zero-order chi connectivity index (χ0) is 50.0. The molecular weight excluding hydrogens is 869 g/mol. The summed E-state index contributed by atoms with van der Waals surface area (Å²) in [6, 6.07) is -1.11. The Morgan fingerprint density at radius 3 is 1.49 bits per heavy atom. The number of hydrogen-bond donors (Lipinski definition) is 6. The van der Waals surface area contributed by atoms with Gasteiger partial charge >= 0.3 is 11.9 Å². The Balaban J connectivity index is 3.71. The fraction of sp³-hybridized carbons (Fsp3) is 0.837. The lowest BCUT2D eigenvalue weighted by atomic mass is 9.88. The Morgan fingerprint density at radius 2 is 0.985 bits per heavy atom. The van der Waals surface area contributed by atoms with Gasteiger partial charge in [-0.15, -0.1) is 0 Å². The molecule has 0 bridgehead atoms. The van der Waals surface area contributed by atoms with Gasteiger partial charge in [-0.3, -0.25) is 33.6 Å². The second kappa shape index (κ2) is 42.3. The minimum absolute atomic E-state index is 0.0295. The molecule has 0 aromatic rings. The molecule has 0 aliphatic carbocycles. The number of carbonyl (C=O) groups is 8. The minimum Gasteiger partial charge on any atom is -0.481 e. The van der Waals surface area contributed by atoms with E-state index in [9.17, 15) is 43.5 Å². The number of Topliss-reactive ketones (excluding diaryl/α,β-unsaturated/α-hetero) is 3. The number of carbonyl (C=O) groups excluding carboxylic acids is 6. The maximum Gasteiger partial charge on any atom is 0.326 e. The summed E-state index contributed by atoms with van der Waals surface area (Å²) in [7, 11) is 0. The summed E-state index contributed by atoms with van der Waals surface area (Å²) in [4.78, 5) is 94.9. The number of carboxylic acids is 2. The number of nitrogens with two attached hydrogens (primary N) is 1. The molecule has 67 heavy (non-hydrogen) atoms. The predicted octanol–water partition coefficient (Wildman–Crippen LogP) is 5.77. The molecule has 0 saturated heterocycles. The largest absolute Gasteiger partial charge is 0.481 e. The highest BCUT2D eigenvalue weighted by Crippen LogP contribution is 2.19. The molecular formula is C49H88N4O14. The molecule has 0 rings (SSSR count). The summed E-state index contributed by atoms with van der Waals surface area (Å²) >= 11 is 0. The highest BCUT2D eigenvalue weighted by molar-refractivity contribution is 5.88. The number of ether oxygens (including phenoxy) is 4. The van der Waals surface area contributed by atoms with Gasteiger partial charge in [-0.25, -0.2) is 4.79 Å². The molecule has 0 aromatic carbocycles. The van der Waals surface area contributed by atoms with E-state index in [4.69, 9.17) is 29.8 Å². The summed E-state index contributed by atoms with van der Waals surface area (Å²) < 4.78 is 21.5. The number of carboxylic acid groups (broad SMARTS) is 2. The van der Waals surface area contributed by atoms with Crippen LogP contribution in [0.4, 0.5) is 0 Å². The SMILES string of the molecule is CC(=O)[C@H](CCCCNC(=O)COCCOCCNC(=O)COCCOCCCC(=O)CC[C@H](NC(=O)CCCCCCCCCCCCCCCCC(=O)O)C(=O)O)CCC(=O)C(C)(C)N. The van der Waals surface area contributed by atoms with Crippen LogP contribution in [0, 0.1) is 5.92 Å². The van der Waals surface area contributed by atoms with Crippen molar-refractivity contribution >= 4 is 47.0 Å². The van der Waals surface area contributed by atoms with Crippen LogP contribution in [0.2, 0.25) is 0 Å². The maximum atomic E-state index is 12.4. The van der Waals surface area contributed by atoms with Crippen molar-refractivity contribution in [1.29, 1.82) is 0 Å². The van der Waals surface area contributed by atoms with E-state index in [0.717, 1.165) is 44.9 Å². The molecule has 0 radical (unpaired) electrons. The summed E-state index contributed by atoms with van der Waals surface area (Å²) in [5, 5.41) is 26.2. The van der Waals surface area contributed by atoms with Crippen LogP contribution in [0.3, 0.4) is 0 Å². The molecule has 0 aliphatic rings. The van der Waals surface area contributed by atoms with Crippen molar-refractivity contribution < 1.29 is 67.5 Å². The molecule has 7 N–H and O–H groups in total. The third-order valence-corrected chi connectivity index (χ3v) is 11.2. The molecule has 0 unspecified atom stereocenters. The van der Waals surface area contributed by atoms with Crippen molar-refractivity contribution in [2.75, 3.05) is 65.9 Å². The number of rotatable bonds is 49. The number of hydrogen-bond acceptors (Lipinski definition) is 13. The van der Waals surface area contributed by atoms with Gasteiger partial charge in [0.25, 0.3) is 0 Å². The lowest BCUT2D eigenvalue weighted by Gasteiger charge is -2.19. The summed E-state index contributed by atoms with van der Waals surface area (Å²) in [6.45, 7) is 6.72. The molecule has 0 spiro atoms. The maximum absolute atomic E-state index is 12.4. The van der Waals surface area contributed by atoms with E-state index in [1.54, 1.807) is 13.8 Å². The second-order valence-corrected chi connectivity index (χ2v) is 18.0. The average molecular weight is 957 g/mol. The first-order valence-corrected chi connectivity index (χ1v) is 25.0. The van der Waals surface area contributed by atoms with Crippen molar-refractivity contribution in [1.82, 2.24) is 16.0 Å². The Labute approximate surface area is 400 Å². The number of nitrogens with one attached hydrogen (secondary N) is 3. The Kier molecular flexibility index (Phi) is 39.9. The zero-order valence-corrected chi connectivity index (χ0v) is 41.3. The van der Waals surface area contributed by atoms with Gasteiger partial charge in [-0.05, 0) is 65.7 Å². The third kappa shape index (κ3) is 42.0. The number of ketones is 3. The summed E-state index contributed by atoms with van der Waals surface area (Å²) in [6.07, 6.45) is 19.2. The standard InChI is InChI=1S/C49H88N4O14/c1-39(54)40(25-28-43(56)49(2,3)50)21-18-19-29-51-45(58)37-67-36-34-65-32-30-52-46(59)38-66-35-33-64-31-20-22-41(55)26-27-42(48(62)63)53-44(57)23-16-14-12-10-8-6-4-5-7-9-11-13-15-17-24-47(60)61/h40,42H,4-38,50H2,1-3H3,(H,51,58)(H,52,59)(H,53,57)(H,60,61)(H,62,63)/t40-,42+/m1/s1. The molecule has 0 fully saturated rings. The first-order chi connectivity index (χ1) is 32.0. The molecule has 0 heterocycles. The lowest BCUT2D eigenvalue weighted by molar-refractivity contribution is -0.142. The number of amides is 3. The zero-order valence-electron chi connectivity index (χ0n) is 41.3. The molecule has 0 saturated carbocycles. The van der Waals surface area contributed by atoms with Gasteiger partial charge in [0.1, 0.15) is 30.8 Å². The smallest absolute Gasteiger partial charge is 0.326 e. The van der Waals surface area contributed by atoms with Crippen molar-refractivity contribution in [2.24, 2.45) is 11.7 Å². The van der Waals surface area contributed by atoms with Gasteiger partial charge in [0, 0.05) is 57.7 Å². The highest BCUT2D eigenvalue weighted by Gasteiger charge is 2.24. The second-order valence-electron chi connectivity index (χ2n) is 18.0. The van der Waals surface area contributed by atoms with Crippen LogP contribution in [0.25, 0.3) is 0 Å². The average Bonchev–Trinajstić information content (AvgIpc) is 3.26. The quantitative estimate of drug-likeness (QED) is 0.0395. The molecule has 18 nitrogen and oxygen atoms in total. The van der Waals surface area contributed by atoms with E-state index < -0.39 is 23.5 Å². The van der Waals surface area contributed by atoms with Crippen molar-refractivity contribution in [3.05, 3.63) is 0 Å². The lowest BCUT2D eigenvalue weighted by Crippen LogP contribution is -2.41. The van der Waals surface area contributed by atoms with Crippen LogP contribution in [-0.2, 0) is 57.3 Å². The molecule has 0 aliphatic heterocycles. The Bertz CT molecular complexity index is 1390. The van der Waals surface area contributed by atoms with Crippen molar-refractivity contribution in [3.63, 3.8) is 0 Å². The van der Waals surface area contributed by atoms with Crippen LogP contribution in [0.15, 0.2) is 0 Å². The van der Waals surface area contributed by atoms with Crippen LogP contribution < -0.4 is 21.7 Å². The van der Waals surface area contributed by atoms with Gasteiger partial charge in [-0.2, -0.15) is 0 Å². The summed E-state index contributed by atoms with van der Waals surface area (Å²) in [5.74, 6) is -3.09. The fourth-order valence-electron chi connectivity index (χ4n) is 7.06. The van der Waals surface area contributed by atoms with Crippen LogP contribution in [-0.4, -0.2) is 135 Å². The van der Waals surface area contributed by atoms with Crippen molar-refractivity contribution in [3.8, 4) is 0 Å². The van der Waals surface area contributed by atoms with Crippen molar-refractivity contribution in [2.45, 2.75) is 193 Å². The van der Waals surface area contributed by atoms with E-state index in [0.29, 0.717) is 45.3 Å². The molecule has 2 atom stereocenters. The Hall–Kier alpha value is -3.84. The Morgan fingerprint density at radius 1 is 0.493 bits per heavy atom. The van der Waals surface area contributed by atoms with E-state index >= 15 is 0 Å². The monoisotopic (exact) mass is 957 g/mol. The van der Waals surface area contributed by atoms with Crippen LogP contribution >= 0.6 is 0 Å². The fourth-order valence-corrected chi connectivity index (χ4v) is 7.06. The number of unbranched alkanes of at least 4 members (excludes halogenated alkanes) is 14. The number of aliphatic carboxylic acids is 2. The minimum atomic E-state index is -1.16. The van der Waals surface area contributed by atoms with E-state index in [1.807, 2.05) is 0 Å². The van der Waals surface area contributed by atoms with Gasteiger partial charge in [0.15, 0.2) is 5.78 Å². The predicted molar refractivity (Wildman–Crippen MR) is 254 cm³/mol. The van der Waals surface area contributed by atoms with Gasteiger partial charge in [-0.1, -0.05) is 83.5 Å². The van der Waals surface area contributed by atoms with Crippen LogP contribution in [0.1, 0.15) is 181 Å². The van der Waals surface area contributed by atoms with E-state index in [2.05, 4.69) is 16.0 Å². The molecule has 0 aromatic heterocycles. The molecule has 18 heteroatoms. The van der Waals surface area contributed by atoms with E-state index in [1.165, 1.54) is 51.9 Å². The molecule has 388 valence electrons. The topological polar surface area (TPSA) is 276 Å². The normalized spacial score (nSPS) is 12.3. The van der Waals surface area contributed by atoms with Gasteiger partial charge in [0.05, 0.1) is 38.6 Å². The first kappa shape index (κ1) is 63.2. The first-order valence-electron chi connectivity index (χ1n) is 25.0. The highest BCUT2D eigenvalue weighted by atomic mass is 16.5. The van der Waals surface area contributed by atoms with Gasteiger partial charge < -0.3 is 50.8 Å². The summed E-state index contributed by atoms with van der Waals surface area (Å²) in [5.41, 5.74) is 4.92. The van der Waals surface area contributed by atoms with Gasteiger partial charge in [0.2, 0.25) is 17.7 Å². The third-order valence-electron chi connectivity index (χ3n) is 11.2. The molecule has 3 amide bonds.